The van der Waals surface area contributed by atoms with Crippen LogP contribution in [0.1, 0.15) is 13.8 Å². The van der Waals surface area contributed by atoms with Crippen molar-refractivity contribution in [3.05, 3.63) is 28.2 Å². The number of hydrogen-bond donors (Lipinski definition) is 2. The number of nitrogens with zero attached hydrogens (tertiary/aromatic N) is 2. The third-order valence-electron chi connectivity index (χ3n) is 3.35. The number of guanidine groups is 1. The van der Waals surface area contributed by atoms with Crippen molar-refractivity contribution in [1.29, 1.82) is 0 Å². The summed E-state index contributed by atoms with van der Waals surface area (Å²) in [6, 6.07) is 5.44. The molecule has 126 valence electrons. The molecule has 0 amide bonds. The second-order valence-electron chi connectivity index (χ2n) is 5.03. The second-order valence-corrected chi connectivity index (χ2v) is 5.84. The molecular weight excluding hydrogens is 343 g/mol. The number of quaternary nitrogens is 1. The van der Waals surface area contributed by atoms with Crippen LogP contribution in [0.15, 0.2) is 23.2 Å². The Morgan fingerprint density at radius 1 is 1.18 bits per heavy atom. The van der Waals surface area contributed by atoms with E-state index in [4.69, 9.17) is 23.2 Å². The molecule has 0 aliphatic rings. The van der Waals surface area contributed by atoms with Gasteiger partial charge in [-0.05, 0) is 26.0 Å². The van der Waals surface area contributed by atoms with Crippen LogP contribution >= 0.6 is 23.2 Å². The van der Waals surface area contributed by atoms with Gasteiger partial charge in [0.2, 0.25) is 0 Å². The maximum Gasteiger partial charge on any atom is 0.198 e. The summed E-state index contributed by atoms with van der Waals surface area (Å²) in [6.07, 6.45) is 0. The van der Waals surface area contributed by atoms with Gasteiger partial charge in [-0.15, -0.1) is 0 Å². The summed E-state index contributed by atoms with van der Waals surface area (Å²) in [5.41, 5.74) is 0.698. The lowest BCUT2D eigenvalue weighted by Crippen LogP contribution is -3.11. The van der Waals surface area contributed by atoms with Crippen molar-refractivity contribution in [1.82, 2.24) is 4.90 Å². The maximum absolute atomic E-state index is 6.18. The van der Waals surface area contributed by atoms with Gasteiger partial charge in [-0.25, -0.2) is 4.99 Å². The summed E-state index contributed by atoms with van der Waals surface area (Å²) in [4.78, 5) is 8.09. The second kappa shape index (κ2) is 10.9. The summed E-state index contributed by atoms with van der Waals surface area (Å²) in [6.45, 7) is 8.40. The van der Waals surface area contributed by atoms with Gasteiger partial charge in [-0.2, -0.15) is 0 Å². The number of likely N-dealkylation sites (N-methyl/N-ethyl adjacent to an activating group) is 1. The van der Waals surface area contributed by atoms with E-state index in [1.165, 1.54) is 4.90 Å². The molecule has 0 heterocycles. The first-order valence-corrected chi connectivity index (χ1v) is 8.01. The molecular formula is C15H25Cl3N4. The van der Waals surface area contributed by atoms with Gasteiger partial charge in [0.15, 0.2) is 5.96 Å². The molecule has 0 aliphatic heterocycles. The van der Waals surface area contributed by atoms with Crippen LogP contribution in [0.25, 0.3) is 0 Å². The average molecular weight is 368 g/mol. The summed E-state index contributed by atoms with van der Waals surface area (Å²) >= 11 is 12.4. The van der Waals surface area contributed by atoms with E-state index in [0.717, 1.165) is 32.1 Å². The van der Waals surface area contributed by atoms with Crippen LogP contribution in [-0.2, 0) is 0 Å². The Kier molecular flexibility index (Phi) is 10.6. The summed E-state index contributed by atoms with van der Waals surface area (Å²) in [5.74, 6) is 0.761. The smallest absolute Gasteiger partial charge is 0.198 e. The number of rotatable bonds is 6. The fraction of sp³-hybridized carbons (Fsp3) is 0.533. The number of benzene rings is 1. The molecule has 1 aromatic carbocycles. The summed E-state index contributed by atoms with van der Waals surface area (Å²) in [7, 11) is 3.89. The van der Waals surface area contributed by atoms with Gasteiger partial charge in [0.05, 0.1) is 41.9 Å². The SMILES string of the molecule is CC[NH+](CC)CCN=C(Nc1c(Cl)cccc1Cl)N(C)C.[Cl-]. The van der Waals surface area contributed by atoms with Crippen LogP contribution in [0.4, 0.5) is 5.69 Å². The van der Waals surface area contributed by atoms with Crippen LogP contribution in [0.5, 0.6) is 0 Å². The van der Waals surface area contributed by atoms with Crippen LogP contribution in [0, 0.1) is 0 Å². The molecule has 2 N–H and O–H groups in total. The molecule has 0 radical (unpaired) electrons. The van der Waals surface area contributed by atoms with E-state index in [-0.39, 0.29) is 12.4 Å². The number of para-hydroxylation sites is 1. The third kappa shape index (κ3) is 6.61. The molecule has 1 rings (SSSR count). The zero-order valence-electron chi connectivity index (χ0n) is 13.6. The van der Waals surface area contributed by atoms with Crippen LogP contribution < -0.4 is 22.6 Å². The van der Waals surface area contributed by atoms with E-state index in [1.54, 1.807) is 0 Å². The molecule has 0 fully saturated rings. The molecule has 4 nitrogen and oxygen atoms in total. The minimum absolute atomic E-state index is 0. The van der Waals surface area contributed by atoms with Crippen molar-refractivity contribution in [3.8, 4) is 0 Å². The molecule has 0 spiro atoms. The zero-order chi connectivity index (χ0) is 15.8. The molecule has 0 saturated carbocycles. The van der Waals surface area contributed by atoms with E-state index in [2.05, 4.69) is 24.2 Å². The number of halogens is 3. The first-order chi connectivity index (χ1) is 9.99. The standard InChI is InChI=1S/C15H24Cl2N4.ClH/c1-5-21(6-2)11-10-18-15(20(3)4)19-14-12(16)8-7-9-13(14)17;/h7-9H,5-6,10-11H2,1-4H3,(H,18,19);1H. The molecule has 0 bridgehead atoms. The van der Waals surface area contributed by atoms with Gasteiger partial charge in [0.1, 0.15) is 0 Å². The molecule has 7 heteroatoms. The largest absolute Gasteiger partial charge is 1.00 e. The predicted octanol–water partition coefficient (Wildman–Crippen LogP) is -0.748. The van der Waals surface area contributed by atoms with Crippen molar-refractivity contribution in [2.45, 2.75) is 13.8 Å². The van der Waals surface area contributed by atoms with Gasteiger partial charge in [-0.3, -0.25) is 0 Å². The molecule has 0 saturated heterocycles. The van der Waals surface area contributed by atoms with E-state index >= 15 is 0 Å². The van der Waals surface area contributed by atoms with Crippen molar-refractivity contribution in [2.24, 2.45) is 4.99 Å². The highest BCUT2D eigenvalue weighted by Gasteiger charge is 2.10. The van der Waals surface area contributed by atoms with E-state index in [9.17, 15) is 0 Å². The van der Waals surface area contributed by atoms with Gasteiger partial charge < -0.3 is 27.5 Å². The third-order valence-corrected chi connectivity index (χ3v) is 3.98. The summed E-state index contributed by atoms with van der Waals surface area (Å²) in [5, 5.41) is 4.41. The topological polar surface area (TPSA) is 32.1 Å². The van der Waals surface area contributed by atoms with E-state index < -0.39 is 0 Å². The highest BCUT2D eigenvalue weighted by molar-refractivity contribution is 6.39. The number of anilines is 1. The van der Waals surface area contributed by atoms with Crippen molar-refractivity contribution < 1.29 is 17.3 Å². The van der Waals surface area contributed by atoms with Crippen molar-refractivity contribution >= 4 is 34.8 Å². The first-order valence-electron chi connectivity index (χ1n) is 7.25. The normalized spacial score (nSPS) is 11.3. The zero-order valence-corrected chi connectivity index (χ0v) is 15.9. The lowest BCUT2D eigenvalue weighted by Gasteiger charge is -2.20. The fourth-order valence-corrected chi connectivity index (χ4v) is 2.44. The number of hydrogen-bond acceptors (Lipinski definition) is 1. The molecule has 0 atom stereocenters. The van der Waals surface area contributed by atoms with Gasteiger partial charge in [0.25, 0.3) is 0 Å². The minimum atomic E-state index is 0. The Morgan fingerprint density at radius 3 is 2.18 bits per heavy atom. The predicted molar refractivity (Wildman–Crippen MR) is 93.0 cm³/mol. The van der Waals surface area contributed by atoms with Crippen LogP contribution in [0.3, 0.4) is 0 Å². The lowest BCUT2D eigenvalue weighted by atomic mass is 10.3. The Bertz CT molecular complexity index is 454. The molecule has 1 aromatic rings. The van der Waals surface area contributed by atoms with Crippen LogP contribution in [-0.4, -0.2) is 51.1 Å². The van der Waals surface area contributed by atoms with E-state index in [1.807, 2.05) is 37.2 Å². The Balaban J connectivity index is 0.00000441. The van der Waals surface area contributed by atoms with Crippen molar-refractivity contribution in [2.75, 3.05) is 45.6 Å². The van der Waals surface area contributed by atoms with Crippen molar-refractivity contribution in [3.63, 3.8) is 0 Å². The molecule has 0 aliphatic carbocycles. The van der Waals surface area contributed by atoms with E-state index in [0.29, 0.717) is 15.7 Å². The Hall–Kier alpha value is -0.680. The summed E-state index contributed by atoms with van der Waals surface area (Å²) < 4.78 is 0. The van der Waals surface area contributed by atoms with Gasteiger partial charge >= 0.3 is 0 Å². The highest BCUT2D eigenvalue weighted by Crippen LogP contribution is 2.29. The molecule has 0 unspecified atom stereocenters. The first kappa shape index (κ1) is 21.3. The maximum atomic E-state index is 6.18. The quantitative estimate of drug-likeness (QED) is 0.512. The monoisotopic (exact) mass is 366 g/mol. The Labute approximate surface area is 149 Å². The van der Waals surface area contributed by atoms with Gasteiger partial charge in [0, 0.05) is 14.1 Å². The number of nitrogens with one attached hydrogen (secondary N) is 2. The highest BCUT2D eigenvalue weighted by atomic mass is 35.5. The fourth-order valence-electron chi connectivity index (χ4n) is 1.95. The molecule has 0 aromatic heterocycles. The Morgan fingerprint density at radius 2 is 1.73 bits per heavy atom. The minimum Gasteiger partial charge on any atom is -1.00 e. The van der Waals surface area contributed by atoms with Gasteiger partial charge in [-0.1, -0.05) is 29.3 Å². The lowest BCUT2D eigenvalue weighted by molar-refractivity contribution is -0.894. The molecule has 22 heavy (non-hydrogen) atoms. The average Bonchev–Trinajstić information content (AvgIpc) is 2.45. The van der Waals surface area contributed by atoms with Crippen LogP contribution in [0.2, 0.25) is 10.0 Å². The number of aliphatic imine (C=N–C) groups is 1.